The van der Waals surface area contributed by atoms with Crippen molar-refractivity contribution in [3.63, 3.8) is 0 Å². The van der Waals surface area contributed by atoms with Gasteiger partial charge in [0, 0.05) is 0 Å². The van der Waals surface area contributed by atoms with Gasteiger partial charge in [-0.1, -0.05) is 25.5 Å². The predicted octanol–water partition coefficient (Wildman–Crippen LogP) is 3.88. The van der Waals surface area contributed by atoms with Crippen LogP contribution >= 0.6 is 0 Å². The average molecular weight is 294 g/mol. The smallest absolute Gasteiger partial charge is 0.161 e. The second-order valence-electron chi connectivity index (χ2n) is 5.26. The van der Waals surface area contributed by atoms with Gasteiger partial charge in [0.1, 0.15) is 0 Å². The molecule has 0 amide bonds. The summed E-state index contributed by atoms with van der Waals surface area (Å²) in [6.45, 7) is 3.73. The first-order valence-electron chi connectivity index (χ1n) is 7.13. The summed E-state index contributed by atoms with van der Waals surface area (Å²) >= 11 is 0. The highest BCUT2D eigenvalue weighted by molar-refractivity contribution is 6.53. The number of hydrogen-bond acceptors (Lipinski definition) is 1. The predicted molar refractivity (Wildman–Crippen MR) is 78.4 cm³/mol. The van der Waals surface area contributed by atoms with E-state index >= 15 is 0 Å². The van der Waals surface area contributed by atoms with E-state index in [1.165, 1.54) is 5.57 Å². The SMILES string of the molecule is CCCC1=COC(C[Si]c2ccc(C)c(F)c2F)CC1. The molecule has 2 rings (SSSR count). The van der Waals surface area contributed by atoms with Crippen LogP contribution in [0.2, 0.25) is 6.04 Å². The van der Waals surface area contributed by atoms with Gasteiger partial charge in [-0.05, 0) is 48.6 Å². The molecule has 1 heterocycles. The summed E-state index contributed by atoms with van der Waals surface area (Å²) < 4.78 is 32.9. The van der Waals surface area contributed by atoms with Crippen LogP contribution in [0.5, 0.6) is 0 Å². The third-order valence-electron chi connectivity index (χ3n) is 3.58. The fourth-order valence-electron chi connectivity index (χ4n) is 2.33. The number of rotatable bonds is 5. The van der Waals surface area contributed by atoms with Gasteiger partial charge >= 0.3 is 0 Å². The zero-order chi connectivity index (χ0) is 14.5. The maximum atomic E-state index is 13.8. The largest absolute Gasteiger partial charge is 0.498 e. The summed E-state index contributed by atoms with van der Waals surface area (Å²) in [6, 6.07) is 4.09. The molecule has 1 aromatic carbocycles. The van der Waals surface area contributed by atoms with E-state index in [1.54, 1.807) is 19.1 Å². The van der Waals surface area contributed by atoms with Crippen molar-refractivity contribution in [2.24, 2.45) is 0 Å². The standard InChI is InChI=1S/C16H20F2OSi/c1-3-4-12-6-7-13(19-9-12)10-20-14-8-5-11(2)15(17)16(14)18/h5,8-9,13H,3-4,6-7,10H2,1-2H3. The summed E-state index contributed by atoms with van der Waals surface area (Å²) in [6.07, 6.45) is 6.27. The number of hydrogen-bond donors (Lipinski definition) is 0. The maximum Gasteiger partial charge on any atom is 0.161 e. The van der Waals surface area contributed by atoms with E-state index in [9.17, 15) is 8.78 Å². The summed E-state index contributed by atoms with van der Waals surface area (Å²) in [4.78, 5) is 0. The van der Waals surface area contributed by atoms with Crippen LogP contribution < -0.4 is 5.19 Å². The molecule has 0 aliphatic carbocycles. The van der Waals surface area contributed by atoms with Gasteiger partial charge in [-0.25, -0.2) is 8.78 Å². The van der Waals surface area contributed by atoms with Crippen LogP contribution in [0, 0.1) is 18.6 Å². The minimum Gasteiger partial charge on any atom is -0.498 e. The van der Waals surface area contributed by atoms with E-state index in [2.05, 4.69) is 6.92 Å². The Labute approximate surface area is 121 Å². The maximum absolute atomic E-state index is 13.8. The fourth-order valence-corrected chi connectivity index (χ4v) is 3.54. The van der Waals surface area contributed by atoms with Crippen molar-refractivity contribution in [3.8, 4) is 0 Å². The Morgan fingerprint density at radius 2 is 2.10 bits per heavy atom. The molecule has 1 aromatic rings. The normalized spacial score (nSPS) is 18.6. The van der Waals surface area contributed by atoms with Crippen LogP contribution in [0.25, 0.3) is 0 Å². The molecule has 0 saturated heterocycles. The van der Waals surface area contributed by atoms with Crippen molar-refractivity contribution in [1.29, 1.82) is 0 Å². The number of aryl methyl sites for hydroxylation is 1. The van der Waals surface area contributed by atoms with Gasteiger partial charge in [-0.2, -0.15) is 0 Å². The Morgan fingerprint density at radius 3 is 2.75 bits per heavy atom. The van der Waals surface area contributed by atoms with Gasteiger partial charge in [-0.15, -0.1) is 0 Å². The molecule has 0 saturated carbocycles. The molecule has 1 unspecified atom stereocenters. The van der Waals surface area contributed by atoms with Gasteiger partial charge < -0.3 is 4.74 Å². The average Bonchev–Trinajstić information content (AvgIpc) is 2.46. The third kappa shape index (κ3) is 3.69. The van der Waals surface area contributed by atoms with E-state index in [0.717, 1.165) is 31.7 Å². The second kappa shape index (κ2) is 7.02. The van der Waals surface area contributed by atoms with Gasteiger partial charge in [0.15, 0.2) is 11.6 Å². The highest BCUT2D eigenvalue weighted by atomic mass is 28.2. The lowest BCUT2D eigenvalue weighted by Crippen LogP contribution is -2.26. The van der Waals surface area contributed by atoms with Crippen LogP contribution in [-0.4, -0.2) is 15.6 Å². The Kier molecular flexibility index (Phi) is 5.35. The first-order valence-corrected chi connectivity index (χ1v) is 8.34. The molecule has 0 aromatic heterocycles. The highest BCUT2D eigenvalue weighted by Crippen LogP contribution is 2.23. The molecule has 0 bridgehead atoms. The van der Waals surface area contributed by atoms with Crippen LogP contribution in [-0.2, 0) is 4.74 Å². The van der Waals surface area contributed by atoms with Gasteiger partial charge in [-0.3, -0.25) is 0 Å². The molecular weight excluding hydrogens is 274 g/mol. The zero-order valence-electron chi connectivity index (χ0n) is 12.0. The van der Waals surface area contributed by atoms with Crippen molar-refractivity contribution in [2.75, 3.05) is 0 Å². The Hall–Kier alpha value is -1.16. The van der Waals surface area contributed by atoms with Gasteiger partial charge in [0.05, 0.1) is 21.9 Å². The molecule has 4 heteroatoms. The second-order valence-corrected chi connectivity index (χ2v) is 6.56. The molecule has 0 fully saturated rings. The van der Waals surface area contributed by atoms with E-state index in [4.69, 9.17) is 4.74 Å². The fraction of sp³-hybridized carbons (Fsp3) is 0.500. The first kappa shape index (κ1) is 15.2. The Bertz CT molecular complexity index is 499. The summed E-state index contributed by atoms with van der Waals surface area (Å²) in [5.74, 6) is -1.41. The molecule has 2 radical (unpaired) electrons. The first-order chi connectivity index (χ1) is 9.61. The summed E-state index contributed by atoms with van der Waals surface area (Å²) in [5.41, 5.74) is 1.72. The zero-order valence-corrected chi connectivity index (χ0v) is 13.0. The van der Waals surface area contributed by atoms with Crippen LogP contribution in [0.15, 0.2) is 24.0 Å². The van der Waals surface area contributed by atoms with Crippen molar-refractivity contribution >= 4 is 14.7 Å². The molecular formula is C16H20F2OSi. The van der Waals surface area contributed by atoms with Gasteiger partial charge in [0.2, 0.25) is 0 Å². The van der Waals surface area contributed by atoms with Crippen molar-refractivity contribution in [3.05, 3.63) is 41.2 Å². The molecule has 1 nitrogen and oxygen atoms in total. The molecule has 0 spiro atoms. The minimum absolute atomic E-state index is 0.137. The summed E-state index contributed by atoms with van der Waals surface area (Å²) in [5, 5.41) is 0.472. The quantitative estimate of drug-likeness (QED) is 0.749. The van der Waals surface area contributed by atoms with Crippen LogP contribution in [0.4, 0.5) is 8.78 Å². The Morgan fingerprint density at radius 1 is 1.30 bits per heavy atom. The minimum atomic E-state index is -0.718. The lowest BCUT2D eigenvalue weighted by molar-refractivity contribution is 0.135. The van der Waals surface area contributed by atoms with Crippen LogP contribution in [0.1, 0.15) is 38.2 Å². The number of benzene rings is 1. The summed E-state index contributed by atoms with van der Waals surface area (Å²) in [7, 11) is 0.251. The van der Waals surface area contributed by atoms with Crippen molar-refractivity contribution in [2.45, 2.75) is 51.7 Å². The third-order valence-corrected chi connectivity index (χ3v) is 5.01. The lowest BCUT2D eigenvalue weighted by atomic mass is 10.0. The monoisotopic (exact) mass is 294 g/mol. The van der Waals surface area contributed by atoms with Crippen molar-refractivity contribution < 1.29 is 13.5 Å². The molecule has 1 atom stereocenters. The molecule has 1 aliphatic rings. The number of halogens is 2. The molecule has 1 aliphatic heterocycles. The van der Waals surface area contributed by atoms with E-state index in [1.807, 2.05) is 6.26 Å². The van der Waals surface area contributed by atoms with E-state index in [-0.39, 0.29) is 15.6 Å². The number of ether oxygens (including phenoxy) is 1. The topological polar surface area (TPSA) is 9.23 Å². The highest BCUT2D eigenvalue weighted by Gasteiger charge is 2.18. The molecule has 0 N–H and O–H groups in total. The van der Waals surface area contributed by atoms with E-state index in [0.29, 0.717) is 10.8 Å². The Balaban J connectivity index is 1.89. The lowest BCUT2D eigenvalue weighted by Gasteiger charge is -2.23. The molecule has 108 valence electrons. The van der Waals surface area contributed by atoms with E-state index < -0.39 is 11.6 Å². The molecule has 20 heavy (non-hydrogen) atoms. The van der Waals surface area contributed by atoms with Crippen molar-refractivity contribution in [1.82, 2.24) is 0 Å². The van der Waals surface area contributed by atoms with Crippen LogP contribution in [0.3, 0.4) is 0 Å². The van der Waals surface area contributed by atoms with Gasteiger partial charge in [0.25, 0.3) is 0 Å². The number of allylic oxidation sites excluding steroid dienone is 1.